The molecule has 0 aliphatic carbocycles. The summed E-state index contributed by atoms with van der Waals surface area (Å²) < 4.78 is 1.35. The quantitative estimate of drug-likeness (QED) is 0.645. The molecule has 0 aromatic carbocycles. The number of tetrazole rings is 1. The number of hydrogen-bond donors (Lipinski definition) is 1. The molecule has 2 aromatic heterocycles. The van der Waals surface area contributed by atoms with Crippen LogP contribution in [-0.2, 0) is 11.2 Å². The lowest BCUT2D eigenvalue weighted by Gasteiger charge is -1.96. The van der Waals surface area contributed by atoms with Gasteiger partial charge < -0.3 is 5.11 Å². The van der Waals surface area contributed by atoms with Gasteiger partial charge >= 0.3 is 5.97 Å². The fourth-order valence-electron chi connectivity index (χ4n) is 0.999. The molecular formula is C6H5N5O2. The smallest absolute Gasteiger partial charge is 0.309 e. The highest BCUT2D eigenvalue weighted by Gasteiger charge is 2.07. The van der Waals surface area contributed by atoms with Crippen molar-refractivity contribution < 1.29 is 9.90 Å². The first-order chi connectivity index (χ1) is 6.27. The second-order valence-electron chi connectivity index (χ2n) is 2.42. The van der Waals surface area contributed by atoms with E-state index in [1.165, 1.54) is 16.9 Å². The van der Waals surface area contributed by atoms with Crippen molar-refractivity contribution in [2.45, 2.75) is 6.42 Å². The van der Waals surface area contributed by atoms with Crippen molar-refractivity contribution in [2.75, 3.05) is 0 Å². The van der Waals surface area contributed by atoms with Gasteiger partial charge in [0.1, 0.15) is 0 Å². The van der Waals surface area contributed by atoms with Gasteiger partial charge in [-0.1, -0.05) is 0 Å². The average Bonchev–Trinajstić information content (AvgIpc) is 2.51. The minimum absolute atomic E-state index is 0.143. The van der Waals surface area contributed by atoms with Gasteiger partial charge in [-0.2, -0.15) is 4.52 Å². The number of carbonyl (C=O) groups is 1. The molecule has 0 amide bonds. The third kappa shape index (κ3) is 1.31. The summed E-state index contributed by atoms with van der Waals surface area (Å²) in [6.07, 6.45) is 2.75. The van der Waals surface area contributed by atoms with Crippen LogP contribution >= 0.6 is 0 Å². The van der Waals surface area contributed by atoms with Crippen LogP contribution < -0.4 is 0 Å². The summed E-state index contributed by atoms with van der Waals surface area (Å²) in [7, 11) is 0. The summed E-state index contributed by atoms with van der Waals surface area (Å²) in [6.45, 7) is 0. The van der Waals surface area contributed by atoms with E-state index in [4.69, 9.17) is 5.11 Å². The highest BCUT2D eigenvalue weighted by Crippen LogP contribution is 2.00. The zero-order valence-electron chi connectivity index (χ0n) is 6.45. The van der Waals surface area contributed by atoms with Gasteiger partial charge in [-0.15, -0.1) is 5.10 Å². The Hall–Kier alpha value is -2.05. The molecule has 0 fully saturated rings. The lowest BCUT2D eigenvalue weighted by Crippen LogP contribution is -2.07. The fraction of sp³-hybridized carbons (Fsp3) is 0.167. The van der Waals surface area contributed by atoms with Gasteiger partial charge in [-0.25, -0.2) is 0 Å². The van der Waals surface area contributed by atoms with Crippen LogP contribution in [0.25, 0.3) is 5.65 Å². The highest BCUT2D eigenvalue weighted by atomic mass is 16.4. The number of carboxylic acid groups (broad SMARTS) is 1. The molecule has 7 heteroatoms. The van der Waals surface area contributed by atoms with Crippen molar-refractivity contribution in [3.05, 3.63) is 18.1 Å². The molecule has 13 heavy (non-hydrogen) atoms. The van der Waals surface area contributed by atoms with Crippen LogP contribution in [0.2, 0.25) is 0 Å². The minimum atomic E-state index is -0.940. The Kier molecular flexibility index (Phi) is 1.62. The first-order valence-corrected chi connectivity index (χ1v) is 3.50. The number of rotatable bonds is 2. The number of nitrogens with zero attached hydrogens (tertiary/aromatic N) is 5. The van der Waals surface area contributed by atoms with Crippen LogP contribution in [-0.4, -0.2) is 36.1 Å². The van der Waals surface area contributed by atoms with Crippen LogP contribution in [0.15, 0.2) is 12.4 Å². The minimum Gasteiger partial charge on any atom is -0.481 e. The maximum absolute atomic E-state index is 10.4. The van der Waals surface area contributed by atoms with E-state index in [-0.39, 0.29) is 6.42 Å². The van der Waals surface area contributed by atoms with Gasteiger partial charge in [0.25, 0.3) is 0 Å². The van der Waals surface area contributed by atoms with Gasteiger partial charge in [0, 0.05) is 6.20 Å². The molecule has 0 unspecified atom stereocenters. The Balaban J connectivity index is 2.54. The van der Waals surface area contributed by atoms with E-state index >= 15 is 0 Å². The molecule has 0 aliphatic heterocycles. The van der Waals surface area contributed by atoms with Gasteiger partial charge in [0.05, 0.1) is 18.3 Å². The molecule has 0 saturated carbocycles. The van der Waals surface area contributed by atoms with Crippen molar-refractivity contribution in [1.82, 2.24) is 25.0 Å². The van der Waals surface area contributed by atoms with E-state index in [1.54, 1.807) is 0 Å². The molecule has 7 nitrogen and oxygen atoms in total. The summed E-state index contributed by atoms with van der Waals surface area (Å²) >= 11 is 0. The summed E-state index contributed by atoms with van der Waals surface area (Å²) in [5, 5.41) is 19.2. The van der Waals surface area contributed by atoms with E-state index in [1.807, 2.05) is 0 Å². The molecule has 66 valence electrons. The Morgan fingerprint density at radius 1 is 1.54 bits per heavy atom. The third-order valence-corrected chi connectivity index (χ3v) is 1.51. The molecule has 0 bridgehead atoms. The summed E-state index contributed by atoms with van der Waals surface area (Å²) in [5.41, 5.74) is 0.897. The normalized spacial score (nSPS) is 10.5. The van der Waals surface area contributed by atoms with Crippen molar-refractivity contribution in [3.63, 3.8) is 0 Å². The van der Waals surface area contributed by atoms with Gasteiger partial charge in [0.15, 0.2) is 5.65 Å². The Morgan fingerprint density at radius 3 is 3.15 bits per heavy atom. The van der Waals surface area contributed by atoms with E-state index in [9.17, 15) is 4.79 Å². The molecule has 0 radical (unpaired) electrons. The lowest BCUT2D eigenvalue weighted by atomic mass is 10.3. The summed E-state index contributed by atoms with van der Waals surface area (Å²) in [6, 6.07) is 0. The zero-order chi connectivity index (χ0) is 9.26. The van der Waals surface area contributed by atoms with E-state index in [0.717, 1.165) is 0 Å². The van der Waals surface area contributed by atoms with E-state index in [2.05, 4.69) is 20.5 Å². The number of carboxylic acids is 1. The number of fused-ring (bicyclic) bond motifs is 1. The first-order valence-electron chi connectivity index (χ1n) is 3.50. The van der Waals surface area contributed by atoms with Gasteiger partial charge in [-0.05, 0) is 10.4 Å². The van der Waals surface area contributed by atoms with E-state index < -0.39 is 5.97 Å². The van der Waals surface area contributed by atoms with Crippen LogP contribution in [0.1, 0.15) is 5.69 Å². The molecule has 0 atom stereocenters. The second-order valence-corrected chi connectivity index (χ2v) is 2.42. The monoisotopic (exact) mass is 179 g/mol. The van der Waals surface area contributed by atoms with Crippen LogP contribution in [0.5, 0.6) is 0 Å². The lowest BCUT2D eigenvalue weighted by molar-refractivity contribution is -0.136. The number of aliphatic carboxylic acids is 1. The second kappa shape index (κ2) is 2.77. The Morgan fingerprint density at radius 2 is 2.38 bits per heavy atom. The highest BCUT2D eigenvalue weighted by molar-refractivity contribution is 5.69. The Bertz CT molecular complexity index is 451. The van der Waals surface area contributed by atoms with Crippen LogP contribution in [0.3, 0.4) is 0 Å². The topological polar surface area (TPSA) is 93.3 Å². The van der Waals surface area contributed by atoms with Crippen molar-refractivity contribution >= 4 is 11.6 Å². The molecule has 0 spiro atoms. The third-order valence-electron chi connectivity index (χ3n) is 1.51. The molecule has 2 rings (SSSR count). The SMILES string of the molecule is O=C(O)Cc1cncc2nnnn12. The average molecular weight is 179 g/mol. The molecule has 1 N–H and O–H groups in total. The summed E-state index contributed by atoms with van der Waals surface area (Å²) in [5.74, 6) is -0.940. The number of aromatic nitrogens is 5. The summed E-state index contributed by atoms with van der Waals surface area (Å²) in [4.78, 5) is 14.2. The molecule has 0 aliphatic rings. The zero-order valence-corrected chi connectivity index (χ0v) is 6.45. The fourth-order valence-corrected chi connectivity index (χ4v) is 0.999. The predicted molar refractivity (Wildman–Crippen MR) is 39.9 cm³/mol. The molecular weight excluding hydrogens is 174 g/mol. The number of hydrogen-bond acceptors (Lipinski definition) is 5. The maximum atomic E-state index is 10.4. The maximum Gasteiger partial charge on any atom is 0.309 e. The van der Waals surface area contributed by atoms with Crippen molar-refractivity contribution in [2.24, 2.45) is 0 Å². The largest absolute Gasteiger partial charge is 0.481 e. The van der Waals surface area contributed by atoms with Gasteiger partial charge in [0.2, 0.25) is 0 Å². The van der Waals surface area contributed by atoms with Crippen molar-refractivity contribution in [1.29, 1.82) is 0 Å². The molecule has 2 heterocycles. The first kappa shape index (κ1) is 7.59. The van der Waals surface area contributed by atoms with Crippen LogP contribution in [0, 0.1) is 0 Å². The van der Waals surface area contributed by atoms with Crippen molar-refractivity contribution in [3.8, 4) is 0 Å². The Labute approximate surface area is 72.0 Å². The molecule has 0 saturated heterocycles. The van der Waals surface area contributed by atoms with E-state index in [0.29, 0.717) is 11.3 Å². The molecule has 2 aromatic rings. The predicted octanol–water partition coefficient (Wildman–Crippen LogP) is -0.854. The van der Waals surface area contributed by atoms with Gasteiger partial charge in [-0.3, -0.25) is 9.78 Å². The standard InChI is InChI=1S/C6H5N5O2/c12-6(13)1-4-2-7-3-5-8-9-10-11(4)5/h2-3H,1H2,(H,12,13). The van der Waals surface area contributed by atoms with Crippen LogP contribution in [0.4, 0.5) is 0 Å².